The zero-order valence-corrected chi connectivity index (χ0v) is 10.3. The minimum absolute atomic E-state index is 0.180. The number of rotatable bonds is 3. The van der Waals surface area contributed by atoms with Gasteiger partial charge in [0.15, 0.2) is 0 Å². The second-order valence-corrected chi connectivity index (χ2v) is 5.58. The van der Waals surface area contributed by atoms with Gasteiger partial charge in [-0.2, -0.15) is 0 Å². The maximum Gasteiger partial charge on any atom is 0.0934 e. The molecular formula is C12H14ClNS. The highest BCUT2D eigenvalue weighted by Gasteiger charge is 2.25. The molecule has 2 atom stereocenters. The Morgan fingerprint density at radius 3 is 3.27 bits per heavy atom. The SMILES string of the molecule is C#CC(CC)NC1CCc2sc(Cl)cc21. The van der Waals surface area contributed by atoms with Crippen molar-refractivity contribution in [3.8, 4) is 12.3 Å². The van der Waals surface area contributed by atoms with Gasteiger partial charge >= 0.3 is 0 Å². The van der Waals surface area contributed by atoms with Gasteiger partial charge in [0.2, 0.25) is 0 Å². The first-order valence-electron chi connectivity index (χ1n) is 5.25. The van der Waals surface area contributed by atoms with Crippen LogP contribution < -0.4 is 5.32 Å². The number of hydrogen-bond acceptors (Lipinski definition) is 2. The van der Waals surface area contributed by atoms with Gasteiger partial charge in [-0.1, -0.05) is 24.4 Å². The summed E-state index contributed by atoms with van der Waals surface area (Å²) >= 11 is 7.70. The van der Waals surface area contributed by atoms with Crippen LogP contribution in [0.2, 0.25) is 4.34 Å². The number of hydrogen-bond donors (Lipinski definition) is 1. The zero-order valence-electron chi connectivity index (χ0n) is 8.72. The molecule has 1 N–H and O–H groups in total. The van der Waals surface area contributed by atoms with Crippen molar-refractivity contribution in [2.75, 3.05) is 0 Å². The van der Waals surface area contributed by atoms with Crippen LogP contribution in [0.1, 0.15) is 36.2 Å². The molecule has 2 rings (SSSR count). The van der Waals surface area contributed by atoms with Crippen LogP contribution in [-0.4, -0.2) is 6.04 Å². The van der Waals surface area contributed by atoms with Gasteiger partial charge in [0.1, 0.15) is 0 Å². The van der Waals surface area contributed by atoms with E-state index in [2.05, 4.69) is 24.2 Å². The van der Waals surface area contributed by atoms with Crippen LogP contribution in [0.5, 0.6) is 0 Å². The van der Waals surface area contributed by atoms with Crippen molar-refractivity contribution < 1.29 is 0 Å². The van der Waals surface area contributed by atoms with Gasteiger partial charge in [-0.05, 0) is 30.9 Å². The smallest absolute Gasteiger partial charge is 0.0934 e. The zero-order chi connectivity index (χ0) is 10.8. The monoisotopic (exact) mass is 239 g/mol. The summed E-state index contributed by atoms with van der Waals surface area (Å²) in [5.74, 6) is 2.78. The minimum atomic E-state index is 0.180. The fraction of sp³-hybridized carbons (Fsp3) is 0.500. The Labute approximate surface area is 99.8 Å². The van der Waals surface area contributed by atoms with Gasteiger partial charge in [0, 0.05) is 10.9 Å². The highest BCUT2D eigenvalue weighted by atomic mass is 35.5. The molecule has 0 aliphatic heterocycles. The Morgan fingerprint density at radius 2 is 2.60 bits per heavy atom. The molecule has 1 nitrogen and oxygen atoms in total. The summed E-state index contributed by atoms with van der Waals surface area (Å²) in [5.41, 5.74) is 1.36. The molecule has 0 bridgehead atoms. The highest BCUT2D eigenvalue weighted by molar-refractivity contribution is 7.16. The second kappa shape index (κ2) is 4.57. The number of fused-ring (bicyclic) bond motifs is 1. The maximum atomic E-state index is 6.00. The highest BCUT2D eigenvalue weighted by Crippen LogP contribution is 2.39. The number of halogens is 1. The Morgan fingerprint density at radius 1 is 1.80 bits per heavy atom. The van der Waals surface area contributed by atoms with Gasteiger partial charge in [-0.25, -0.2) is 0 Å². The van der Waals surface area contributed by atoms with Crippen LogP contribution >= 0.6 is 22.9 Å². The summed E-state index contributed by atoms with van der Waals surface area (Å²) < 4.78 is 0.889. The second-order valence-electron chi connectivity index (χ2n) is 3.81. The van der Waals surface area contributed by atoms with Crippen molar-refractivity contribution in [1.82, 2.24) is 5.32 Å². The lowest BCUT2D eigenvalue weighted by Gasteiger charge is -2.17. The quantitative estimate of drug-likeness (QED) is 0.798. The third kappa shape index (κ3) is 2.20. The molecule has 0 aromatic carbocycles. The van der Waals surface area contributed by atoms with E-state index < -0.39 is 0 Å². The molecule has 0 saturated heterocycles. The van der Waals surface area contributed by atoms with Crippen molar-refractivity contribution >= 4 is 22.9 Å². The fourth-order valence-electron chi connectivity index (χ4n) is 2.03. The average Bonchev–Trinajstić information content (AvgIpc) is 2.74. The largest absolute Gasteiger partial charge is 0.297 e. The number of nitrogens with one attached hydrogen (secondary N) is 1. The van der Waals surface area contributed by atoms with Crippen molar-refractivity contribution in [2.45, 2.75) is 38.3 Å². The van der Waals surface area contributed by atoms with Crippen LogP contribution in [0, 0.1) is 12.3 Å². The van der Waals surface area contributed by atoms with Gasteiger partial charge in [-0.15, -0.1) is 17.8 Å². The molecule has 0 saturated carbocycles. The minimum Gasteiger partial charge on any atom is -0.297 e. The number of thiophene rings is 1. The van der Waals surface area contributed by atoms with E-state index in [9.17, 15) is 0 Å². The molecule has 0 spiro atoms. The van der Waals surface area contributed by atoms with Gasteiger partial charge in [0.05, 0.1) is 10.4 Å². The Bertz CT molecular complexity index is 391. The van der Waals surface area contributed by atoms with Crippen LogP contribution in [0.25, 0.3) is 0 Å². The van der Waals surface area contributed by atoms with E-state index in [1.54, 1.807) is 11.3 Å². The van der Waals surface area contributed by atoms with Crippen molar-refractivity contribution in [3.05, 3.63) is 20.8 Å². The van der Waals surface area contributed by atoms with Crippen molar-refractivity contribution in [2.24, 2.45) is 0 Å². The molecule has 1 aromatic heterocycles. The lowest BCUT2D eigenvalue weighted by Crippen LogP contribution is -2.29. The van der Waals surface area contributed by atoms with Crippen molar-refractivity contribution in [3.63, 3.8) is 0 Å². The van der Waals surface area contributed by atoms with E-state index >= 15 is 0 Å². The van der Waals surface area contributed by atoms with Crippen LogP contribution in [-0.2, 0) is 6.42 Å². The van der Waals surface area contributed by atoms with E-state index in [-0.39, 0.29) is 6.04 Å². The first kappa shape index (κ1) is 11.0. The van der Waals surface area contributed by atoms with Crippen LogP contribution in [0.4, 0.5) is 0 Å². The summed E-state index contributed by atoms with van der Waals surface area (Å²) in [7, 11) is 0. The first-order chi connectivity index (χ1) is 7.24. The molecule has 3 heteroatoms. The summed E-state index contributed by atoms with van der Waals surface area (Å²) in [6, 6.07) is 2.67. The van der Waals surface area contributed by atoms with Gasteiger partial charge in [-0.3, -0.25) is 5.32 Å². The molecule has 1 aliphatic carbocycles. The predicted molar refractivity (Wildman–Crippen MR) is 66.4 cm³/mol. The third-order valence-electron chi connectivity index (χ3n) is 2.86. The van der Waals surface area contributed by atoms with E-state index in [4.69, 9.17) is 18.0 Å². The first-order valence-corrected chi connectivity index (χ1v) is 6.44. The summed E-state index contributed by atoms with van der Waals surface area (Å²) in [5, 5.41) is 3.50. The molecule has 0 fully saturated rings. The van der Waals surface area contributed by atoms with Gasteiger partial charge in [0.25, 0.3) is 0 Å². The predicted octanol–water partition coefficient (Wildman–Crippen LogP) is 3.39. The van der Waals surface area contributed by atoms with E-state index in [1.165, 1.54) is 10.4 Å². The maximum absolute atomic E-state index is 6.00. The summed E-state index contributed by atoms with van der Waals surface area (Å²) in [4.78, 5) is 1.42. The molecule has 0 amide bonds. The molecular weight excluding hydrogens is 226 g/mol. The summed E-state index contributed by atoms with van der Waals surface area (Å²) in [6.45, 7) is 2.11. The van der Waals surface area contributed by atoms with E-state index in [0.717, 1.165) is 23.6 Å². The molecule has 15 heavy (non-hydrogen) atoms. The Kier molecular flexibility index (Phi) is 3.35. The number of terminal acetylenes is 1. The fourth-order valence-corrected chi connectivity index (χ4v) is 3.39. The van der Waals surface area contributed by atoms with E-state index in [1.807, 2.05) is 0 Å². The summed E-state index contributed by atoms with van der Waals surface area (Å²) in [6.07, 6.45) is 8.70. The molecule has 0 radical (unpaired) electrons. The lowest BCUT2D eigenvalue weighted by molar-refractivity contribution is 0.481. The normalized spacial score (nSPS) is 21.0. The molecule has 1 heterocycles. The number of aryl methyl sites for hydroxylation is 1. The van der Waals surface area contributed by atoms with Crippen LogP contribution in [0.3, 0.4) is 0 Å². The van der Waals surface area contributed by atoms with Gasteiger partial charge < -0.3 is 0 Å². The topological polar surface area (TPSA) is 12.0 Å². The Balaban J connectivity index is 2.10. The molecule has 1 aromatic rings. The average molecular weight is 240 g/mol. The Hall–Kier alpha value is -0.490. The van der Waals surface area contributed by atoms with Crippen LogP contribution in [0.15, 0.2) is 6.07 Å². The standard InChI is InChI=1S/C12H14ClNS/c1-3-8(4-2)14-10-5-6-11-9(10)7-12(13)15-11/h1,7-8,10,14H,4-6H2,2H3. The molecule has 1 aliphatic rings. The molecule has 2 unspecified atom stereocenters. The molecule has 80 valence electrons. The van der Waals surface area contributed by atoms with E-state index in [0.29, 0.717) is 6.04 Å². The van der Waals surface area contributed by atoms with Crippen molar-refractivity contribution in [1.29, 1.82) is 0 Å². The third-order valence-corrected chi connectivity index (χ3v) is 4.20. The lowest BCUT2D eigenvalue weighted by atomic mass is 10.1.